The van der Waals surface area contributed by atoms with Gasteiger partial charge < -0.3 is 14.6 Å². The summed E-state index contributed by atoms with van der Waals surface area (Å²) in [5.41, 5.74) is 3.86. The van der Waals surface area contributed by atoms with Crippen molar-refractivity contribution in [2.45, 2.75) is 32.5 Å². The van der Waals surface area contributed by atoms with E-state index >= 15 is 0 Å². The van der Waals surface area contributed by atoms with Gasteiger partial charge in [-0.15, -0.1) is 10.2 Å². The van der Waals surface area contributed by atoms with Crippen LogP contribution in [0.25, 0.3) is 11.4 Å². The van der Waals surface area contributed by atoms with Crippen LogP contribution in [0, 0.1) is 13.8 Å². The molecule has 0 aliphatic carbocycles. The van der Waals surface area contributed by atoms with E-state index in [4.69, 9.17) is 4.74 Å². The topological polar surface area (TPSA) is 69.0 Å². The normalized spacial score (nSPS) is 10.8. The number of methoxy groups -OCH3 is 1. The lowest BCUT2D eigenvalue weighted by Gasteiger charge is -2.12. The fourth-order valence-electron chi connectivity index (χ4n) is 3.05. The quantitative estimate of drug-likeness (QED) is 0.483. The highest BCUT2D eigenvalue weighted by atomic mass is 79.9. The van der Waals surface area contributed by atoms with Crippen molar-refractivity contribution in [1.82, 2.24) is 14.8 Å². The van der Waals surface area contributed by atoms with Crippen LogP contribution >= 0.6 is 27.7 Å². The second-order valence-electron chi connectivity index (χ2n) is 6.53. The maximum absolute atomic E-state index is 12.5. The van der Waals surface area contributed by atoms with E-state index in [0.29, 0.717) is 6.54 Å². The minimum absolute atomic E-state index is 0.0693. The van der Waals surface area contributed by atoms with Crippen molar-refractivity contribution in [3.63, 3.8) is 0 Å². The molecule has 3 aromatic rings. The first kappa shape index (κ1) is 21.4. The minimum Gasteiger partial charge on any atom is -0.497 e. The Kier molecular flexibility index (Phi) is 6.97. The lowest BCUT2D eigenvalue weighted by molar-refractivity contribution is -0.113. The highest BCUT2D eigenvalue weighted by Gasteiger charge is 2.15. The third-order valence-electron chi connectivity index (χ3n) is 4.48. The van der Waals surface area contributed by atoms with Gasteiger partial charge in [-0.3, -0.25) is 4.79 Å². The van der Waals surface area contributed by atoms with Crippen molar-refractivity contribution < 1.29 is 9.53 Å². The summed E-state index contributed by atoms with van der Waals surface area (Å²) in [5.74, 6) is 1.76. The highest BCUT2D eigenvalue weighted by molar-refractivity contribution is 9.10. The average molecular weight is 475 g/mol. The van der Waals surface area contributed by atoms with Crippen LogP contribution in [0.5, 0.6) is 5.75 Å². The van der Waals surface area contributed by atoms with Gasteiger partial charge >= 0.3 is 0 Å². The minimum atomic E-state index is -0.0693. The van der Waals surface area contributed by atoms with E-state index in [1.165, 1.54) is 11.8 Å². The summed E-state index contributed by atoms with van der Waals surface area (Å²) in [7, 11) is 1.64. The molecule has 1 N–H and O–H groups in total. The molecule has 0 saturated heterocycles. The number of benzene rings is 2. The number of aryl methyl sites for hydroxylation is 2. The molecule has 8 heteroatoms. The first-order valence-corrected chi connectivity index (χ1v) is 11.0. The molecular formula is C21H23BrN4O2S. The van der Waals surface area contributed by atoms with Gasteiger partial charge in [0, 0.05) is 22.3 Å². The molecule has 0 saturated carbocycles. The monoisotopic (exact) mass is 474 g/mol. The number of aromatic nitrogens is 3. The number of hydrogen-bond acceptors (Lipinski definition) is 5. The molecule has 6 nitrogen and oxygen atoms in total. The Balaban J connectivity index is 1.71. The molecule has 0 spiro atoms. The van der Waals surface area contributed by atoms with Gasteiger partial charge in [0.05, 0.1) is 12.9 Å². The summed E-state index contributed by atoms with van der Waals surface area (Å²) < 4.78 is 8.22. The summed E-state index contributed by atoms with van der Waals surface area (Å²) in [6, 6.07) is 11.7. The number of anilines is 1. The zero-order chi connectivity index (χ0) is 21.0. The molecule has 0 aliphatic rings. The number of thioether (sulfide) groups is 1. The molecule has 2 aromatic carbocycles. The summed E-state index contributed by atoms with van der Waals surface area (Å²) in [6.45, 7) is 6.71. The Bertz CT molecular complexity index is 995. The van der Waals surface area contributed by atoms with E-state index in [1.54, 1.807) is 7.11 Å². The second kappa shape index (κ2) is 9.45. The molecular weight excluding hydrogens is 452 g/mol. The van der Waals surface area contributed by atoms with Crippen molar-refractivity contribution in [2.75, 3.05) is 18.2 Å². The smallest absolute Gasteiger partial charge is 0.234 e. The number of amides is 1. The molecule has 0 atom stereocenters. The maximum atomic E-state index is 12.5. The molecule has 1 aromatic heterocycles. The lowest BCUT2D eigenvalue weighted by Crippen LogP contribution is -2.16. The van der Waals surface area contributed by atoms with Crippen molar-refractivity contribution in [1.29, 1.82) is 0 Å². The van der Waals surface area contributed by atoms with Gasteiger partial charge in [0.15, 0.2) is 11.0 Å². The Morgan fingerprint density at radius 1 is 1.17 bits per heavy atom. The molecule has 0 radical (unpaired) electrons. The number of halogens is 1. The predicted octanol–water partition coefficient (Wildman–Crippen LogP) is 5.08. The van der Waals surface area contributed by atoms with E-state index < -0.39 is 0 Å². The van der Waals surface area contributed by atoms with Crippen LogP contribution in [0.3, 0.4) is 0 Å². The van der Waals surface area contributed by atoms with E-state index in [0.717, 1.165) is 43.6 Å². The lowest BCUT2D eigenvalue weighted by atomic mass is 10.1. The van der Waals surface area contributed by atoms with Gasteiger partial charge in [-0.25, -0.2) is 0 Å². The van der Waals surface area contributed by atoms with Gasteiger partial charge in [0.2, 0.25) is 5.91 Å². The second-order valence-corrected chi connectivity index (χ2v) is 8.39. The first-order valence-electron chi connectivity index (χ1n) is 9.20. The fraction of sp³-hybridized carbons (Fsp3) is 0.286. The molecule has 0 fully saturated rings. The van der Waals surface area contributed by atoms with Crippen LogP contribution < -0.4 is 10.1 Å². The first-order chi connectivity index (χ1) is 13.9. The van der Waals surface area contributed by atoms with E-state index in [1.807, 2.05) is 61.7 Å². The van der Waals surface area contributed by atoms with E-state index in [2.05, 4.69) is 31.4 Å². The van der Waals surface area contributed by atoms with Gasteiger partial charge in [0.1, 0.15) is 5.75 Å². The number of ether oxygens (including phenoxy) is 1. The summed E-state index contributed by atoms with van der Waals surface area (Å²) in [6.07, 6.45) is 0. The largest absolute Gasteiger partial charge is 0.497 e. The zero-order valence-corrected chi connectivity index (χ0v) is 19.2. The third-order valence-corrected chi connectivity index (χ3v) is 5.90. The van der Waals surface area contributed by atoms with Crippen molar-refractivity contribution in [3.05, 3.63) is 52.0 Å². The summed E-state index contributed by atoms with van der Waals surface area (Å²) in [4.78, 5) is 12.5. The molecule has 29 heavy (non-hydrogen) atoms. The summed E-state index contributed by atoms with van der Waals surface area (Å²) in [5, 5.41) is 12.3. The van der Waals surface area contributed by atoms with Crippen molar-refractivity contribution in [3.8, 4) is 17.1 Å². The van der Waals surface area contributed by atoms with E-state index in [9.17, 15) is 4.79 Å². The Morgan fingerprint density at radius 2 is 1.83 bits per heavy atom. The molecule has 152 valence electrons. The molecule has 0 unspecified atom stereocenters. The van der Waals surface area contributed by atoms with Crippen LogP contribution in [-0.2, 0) is 11.3 Å². The third kappa shape index (κ3) is 5.00. The fourth-order valence-corrected chi connectivity index (χ4v) is 4.54. The van der Waals surface area contributed by atoms with Crippen LogP contribution in [0.1, 0.15) is 18.1 Å². The number of carbonyl (C=O) groups excluding carboxylic acids is 1. The van der Waals surface area contributed by atoms with Crippen molar-refractivity contribution in [2.24, 2.45) is 0 Å². The number of nitrogens with one attached hydrogen (secondary N) is 1. The number of rotatable bonds is 7. The van der Waals surface area contributed by atoms with Crippen molar-refractivity contribution >= 4 is 39.3 Å². The van der Waals surface area contributed by atoms with Gasteiger partial charge in [0.25, 0.3) is 0 Å². The molecule has 1 amide bonds. The van der Waals surface area contributed by atoms with Gasteiger partial charge in [-0.2, -0.15) is 0 Å². The number of carbonyl (C=O) groups is 1. The average Bonchev–Trinajstić information content (AvgIpc) is 3.12. The molecule has 0 bridgehead atoms. The maximum Gasteiger partial charge on any atom is 0.234 e. The number of nitrogens with zero attached hydrogens (tertiary/aromatic N) is 3. The van der Waals surface area contributed by atoms with Gasteiger partial charge in [-0.1, -0.05) is 27.7 Å². The Morgan fingerprint density at radius 3 is 2.41 bits per heavy atom. The highest BCUT2D eigenvalue weighted by Crippen LogP contribution is 2.27. The molecule has 3 rings (SSSR count). The molecule has 1 heterocycles. The summed E-state index contributed by atoms with van der Waals surface area (Å²) >= 11 is 4.86. The van der Waals surface area contributed by atoms with Crippen LogP contribution in [0.15, 0.2) is 46.0 Å². The number of hydrogen-bond donors (Lipinski definition) is 1. The predicted molar refractivity (Wildman–Crippen MR) is 121 cm³/mol. The van der Waals surface area contributed by atoms with Crippen LogP contribution in [0.4, 0.5) is 5.69 Å². The molecule has 0 aliphatic heterocycles. The van der Waals surface area contributed by atoms with Gasteiger partial charge in [-0.05, 0) is 68.3 Å². The van der Waals surface area contributed by atoms with Crippen LogP contribution in [-0.4, -0.2) is 33.5 Å². The Labute approximate surface area is 183 Å². The standard InChI is InChI=1S/C21H23BrN4O2S/c1-5-26-20(15-6-8-17(28-4)9-7-15)24-25-21(26)29-12-18(27)23-19-13(2)10-16(22)11-14(19)3/h6-11H,5,12H2,1-4H3,(H,23,27). The van der Waals surface area contributed by atoms with Crippen LogP contribution in [0.2, 0.25) is 0 Å². The SMILES string of the molecule is CCn1c(SCC(=O)Nc2c(C)cc(Br)cc2C)nnc1-c1ccc(OC)cc1. The van der Waals surface area contributed by atoms with E-state index in [-0.39, 0.29) is 11.7 Å². The Hall–Kier alpha value is -2.32. The zero-order valence-electron chi connectivity index (χ0n) is 16.8.